The van der Waals surface area contributed by atoms with Gasteiger partial charge in [0, 0.05) is 11.1 Å². The molecule has 0 radical (unpaired) electrons. The fraction of sp³-hybridized carbons (Fsp3) is 0.517. The van der Waals surface area contributed by atoms with Gasteiger partial charge < -0.3 is 0 Å². The van der Waals surface area contributed by atoms with Crippen molar-refractivity contribution in [1.29, 1.82) is 0 Å². The molecule has 0 amide bonds. The van der Waals surface area contributed by atoms with E-state index in [4.69, 9.17) is 0 Å². The van der Waals surface area contributed by atoms with Crippen LogP contribution in [-0.4, -0.2) is 0 Å². The zero-order valence-corrected chi connectivity index (χ0v) is 20.7. The summed E-state index contributed by atoms with van der Waals surface area (Å²) in [5, 5.41) is 0. The van der Waals surface area contributed by atoms with Crippen LogP contribution in [-0.2, 0) is 6.18 Å². The van der Waals surface area contributed by atoms with E-state index >= 15 is 0 Å². The maximum absolute atomic E-state index is 13.8. The molecule has 36 heavy (non-hydrogen) atoms. The third-order valence-corrected chi connectivity index (χ3v) is 7.86. The average molecular weight is 515 g/mol. The van der Waals surface area contributed by atoms with Gasteiger partial charge >= 0.3 is 6.18 Å². The predicted molar refractivity (Wildman–Crippen MR) is 128 cm³/mol. The van der Waals surface area contributed by atoms with E-state index in [9.17, 15) is 30.7 Å². The molecule has 2 aliphatic carbocycles. The first-order chi connectivity index (χ1) is 16.9. The van der Waals surface area contributed by atoms with Crippen molar-refractivity contribution in [2.45, 2.75) is 77.3 Å². The second-order valence-electron chi connectivity index (χ2n) is 10.3. The van der Waals surface area contributed by atoms with Crippen molar-refractivity contribution in [3.63, 3.8) is 0 Å². The van der Waals surface area contributed by atoms with E-state index in [0.717, 1.165) is 42.2 Å². The van der Waals surface area contributed by atoms with Gasteiger partial charge in [0.2, 0.25) is 0 Å². The molecule has 0 aliphatic heterocycles. The Morgan fingerprint density at radius 2 is 1.28 bits per heavy atom. The topological polar surface area (TPSA) is 0 Å². The number of alkyl halides is 3. The quantitative estimate of drug-likeness (QED) is 0.358. The van der Waals surface area contributed by atoms with Crippen LogP contribution in [0.2, 0.25) is 0 Å². The number of rotatable bonds is 3. The molecule has 0 saturated heterocycles. The van der Waals surface area contributed by atoms with Crippen molar-refractivity contribution < 1.29 is 30.7 Å². The maximum Gasteiger partial charge on any atom is 0.419 e. The third-order valence-electron chi connectivity index (χ3n) is 7.86. The monoisotopic (exact) mass is 514 g/mol. The molecule has 2 aromatic rings. The molecule has 7 heteroatoms. The SMILES string of the molecule is C=C(F)c1ccc(C(F)(F)F)c(F)c1.Cc1c(F)cc(C2CCC(C3CCC(C)CC3)CC2)cc1F. The summed E-state index contributed by atoms with van der Waals surface area (Å²) in [6.07, 6.45) is 5.46. The van der Waals surface area contributed by atoms with Gasteiger partial charge in [0.15, 0.2) is 0 Å². The van der Waals surface area contributed by atoms with Crippen LogP contribution < -0.4 is 0 Å². The van der Waals surface area contributed by atoms with Crippen LogP contribution in [0, 0.1) is 42.1 Å². The van der Waals surface area contributed by atoms with Gasteiger partial charge in [-0.05, 0) is 98.9 Å². The molecule has 2 saturated carbocycles. The lowest BCUT2D eigenvalue weighted by molar-refractivity contribution is -0.140. The third kappa shape index (κ3) is 7.13. The Hall–Kier alpha value is -2.31. The Morgan fingerprint density at radius 3 is 1.72 bits per heavy atom. The van der Waals surface area contributed by atoms with Gasteiger partial charge in [-0.25, -0.2) is 17.6 Å². The van der Waals surface area contributed by atoms with E-state index in [2.05, 4.69) is 13.5 Å². The van der Waals surface area contributed by atoms with Gasteiger partial charge in [0.1, 0.15) is 23.3 Å². The van der Waals surface area contributed by atoms with Crippen LogP contribution in [0.4, 0.5) is 30.7 Å². The summed E-state index contributed by atoms with van der Waals surface area (Å²) in [6.45, 7) is 6.72. The van der Waals surface area contributed by atoms with Crippen molar-refractivity contribution >= 4 is 5.83 Å². The normalized spacial score (nSPS) is 24.6. The first-order valence-corrected chi connectivity index (χ1v) is 12.5. The minimum Gasteiger partial charge on any atom is -0.207 e. The summed E-state index contributed by atoms with van der Waals surface area (Å²) in [7, 11) is 0. The van der Waals surface area contributed by atoms with Gasteiger partial charge in [-0.1, -0.05) is 32.4 Å². The average Bonchev–Trinajstić information content (AvgIpc) is 2.82. The summed E-state index contributed by atoms with van der Waals surface area (Å²) in [4.78, 5) is 0. The molecule has 2 aliphatic rings. The van der Waals surface area contributed by atoms with E-state index in [1.54, 1.807) is 12.1 Å². The minimum absolute atomic E-state index is 0.147. The lowest BCUT2D eigenvalue weighted by atomic mass is 9.68. The Morgan fingerprint density at radius 1 is 0.778 bits per heavy atom. The molecule has 0 aromatic heterocycles. The molecule has 0 heterocycles. The Balaban J connectivity index is 0.000000223. The van der Waals surface area contributed by atoms with Gasteiger partial charge in [0.05, 0.1) is 5.56 Å². The maximum atomic E-state index is 13.8. The van der Waals surface area contributed by atoms with Crippen molar-refractivity contribution in [2.24, 2.45) is 17.8 Å². The van der Waals surface area contributed by atoms with E-state index in [1.807, 2.05) is 0 Å². The highest BCUT2D eigenvalue weighted by molar-refractivity contribution is 5.57. The lowest BCUT2D eigenvalue weighted by Crippen LogP contribution is -2.24. The van der Waals surface area contributed by atoms with Crippen molar-refractivity contribution in [2.75, 3.05) is 0 Å². The van der Waals surface area contributed by atoms with E-state index in [-0.39, 0.29) is 11.1 Å². The number of hydrogen-bond acceptors (Lipinski definition) is 0. The summed E-state index contributed by atoms with van der Waals surface area (Å²) in [6, 6.07) is 4.90. The fourth-order valence-electron chi connectivity index (χ4n) is 5.50. The van der Waals surface area contributed by atoms with Crippen LogP contribution in [0.5, 0.6) is 0 Å². The van der Waals surface area contributed by atoms with E-state index in [0.29, 0.717) is 18.1 Å². The molecule has 0 N–H and O–H groups in total. The molecule has 0 nitrogen and oxygen atoms in total. The summed E-state index contributed by atoms with van der Waals surface area (Å²) >= 11 is 0. The molecule has 0 unspecified atom stereocenters. The zero-order chi connectivity index (χ0) is 26.6. The molecule has 198 valence electrons. The van der Waals surface area contributed by atoms with E-state index < -0.39 is 35.0 Å². The Labute approximate surface area is 208 Å². The first-order valence-electron chi connectivity index (χ1n) is 12.5. The van der Waals surface area contributed by atoms with Gasteiger partial charge in [-0.15, -0.1) is 0 Å². The number of hydrogen-bond donors (Lipinski definition) is 0. The van der Waals surface area contributed by atoms with Crippen LogP contribution in [0.1, 0.15) is 86.5 Å². The van der Waals surface area contributed by atoms with Crippen LogP contribution in [0.25, 0.3) is 5.83 Å². The highest BCUT2D eigenvalue weighted by Gasteiger charge is 2.34. The summed E-state index contributed by atoms with van der Waals surface area (Å²) in [5.41, 5.74) is -0.692. The van der Waals surface area contributed by atoms with Crippen molar-refractivity contribution in [1.82, 2.24) is 0 Å². The molecule has 0 bridgehead atoms. The molecule has 2 aromatic carbocycles. The Bertz CT molecular complexity index is 1020. The highest BCUT2D eigenvalue weighted by atomic mass is 19.4. The molecular formula is C29H33F7. The lowest BCUT2D eigenvalue weighted by Gasteiger charge is -2.37. The van der Waals surface area contributed by atoms with Gasteiger partial charge in [-0.3, -0.25) is 0 Å². The first kappa shape index (κ1) is 28.3. The van der Waals surface area contributed by atoms with Crippen molar-refractivity contribution in [3.8, 4) is 0 Å². The fourth-order valence-corrected chi connectivity index (χ4v) is 5.50. The van der Waals surface area contributed by atoms with Crippen molar-refractivity contribution in [3.05, 3.63) is 76.6 Å². The van der Waals surface area contributed by atoms with Crippen LogP contribution in [0.3, 0.4) is 0 Å². The van der Waals surface area contributed by atoms with Gasteiger partial charge in [0.25, 0.3) is 0 Å². The number of benzene rings is 2. The van der Waals surface area contributed by atoms with E-state index in [1.165, 1.54) is 45.4 Å². The zero-order valence-electron chi connectivity index (χ0n) is 20.7. The minimum atomic E-state index is -4.76. The molecule has 2 fully saturated rings. The molecular weight excluding hydrogens is 481 g/mol. The summed E-state index contributed by atoms with van der Waals surface area (Å²) in [5.74, 6) is -0.245. The molecule has 0 atom stereocenters. The van der Waals surface area contributed by atoms with Gasteiger partial charge in [-0.2, -0.15) is 13.2 Å². The molecule has 0 spiro atoms. The highest BCUT2D eigenvalue weighted by Crippen LogP contribution is 2.44. The largest absolute Gasteiger partial charge is 0.419 e. The molecule has 4 rings (SSSR count). The second-order valence-corrected chi connectivity index (χ2v) is 10.3. The summed E-state index contributed by atoms with van der Waals surface area (Å²) < 4.78 is 88.8. The van der Waals surface area contributed by atoms with Crippen LogP contribution in [0.15, 0.2) is 36.9 Å². The number of halogens is 7. The predicted octanol–water partition coefficient (Wildman–Crippen LogP) is 10.2. The Kier molecular flexibility index (Phi) is 9.28. The van der Waals surface area contributed by atoms with Crippen LogP contribution >= 0.6 is 0 Å². The smallest absolute Gasteiger partial charge is 0.207 e. The standard InChI is InChI=1S/C20H28F2.C9H5F5/c1-13-3-5-15(6-4-13)16-7-9-17(10-8-16)18-11-19(21)14(2)20(22)12-18;1-5(10)6-2-3-7(8(11)4-6)9(12,13)14/h11-13,15-17H,3-10H2,1-2H3;2-4H,1H2. The second kappa shape index (κ2) is 11.8.